The molecular weight excluding hydrogens is 424 g/mol. The predicted molar refractivity (Wildman–Crippen MR) is 134 cm³/mol. The van der Waals surface area contributed by atoms with Gasteiger partial charge in [-0.2, -0.15) is 0 Å². The van der Waals surface area contributed by atoms with Gasteiger partial charge >= 0.3 is 5.97 Å². The van der Waals surface area contributed by atoms with Gasteiger partial charge in [-0.3, -0.25) is 4.79 Å². The summed E-state index contributed by atoms with van der Waals surface area (Å²) in [6, 6.07) is 0. The Morgan fingerprint density at radius 2 is 1.68 bits per heavy atom. The molecule has 0 saturated heterocycles. The molecule has 0 radical (unpaired) electrons. The van der Waals surface area contributed by atoms with Crippen molar-refractivity contribution in [2.75, 3.05) is 6.61 Å². The van der Waals surface area contributed by atoms with E-state index in [9.17, 15) is 20.1 Å². The first-order valence-electron chi connectivity index (χ1n) is 13.6. The molecule has 5 rings (SSSR count). The second-order valence-corrected chi connectivity index (χ2v) is 14.3. The molecule has 0 aliphatic heterocycles. The van der Waals surface area contributed by atoms with Crippen molar-refractivity contribution in [3.05, 3.63) is 23.3 Å². The molecule has 34 heavy (non-hydrogen) atoms. The summed E-state index contributed by atoms with van der Waals surface area (Å²) in [5.74, 6) is -0.0735. The third-order valence-electron chi connectivity index (χ3n) is 12.9. The van der Waals surface area contributed by atoms with Crippen LogP contribution >= 0.6 is 0 Å². The van der Waals surface area contributed by atoms with E-state index >= 15 is 0 Å². The maximum atomic E-state index is 12.8. The molecule has 3 fully saturated rings. The quantitative estimate of drug-likeness (QED) is 0.434. The molecule has 4 nitrogen and oxygen atoms in total. The lowest BCUT2D eigenvalue weighted by Gasteiger charge is -2.69. The second-order valence-electron chi connectivity index (χ2n) is 14.3. The Bertz CT molecular complexity index is 974. The van der Waals surface area contributed by atoms with Gasteiger partial charge in [-0.15, -0.1) is 0 Å². The maximum Gasteiger partial charge on any atom is 0.310 e. The van der Waals surface area contributed by atoms with Gasteiger partial charge in [-0.1, -0.05) is 59.3 Å². The van der Waals surface area contributed by atoms with Crippen LogP contribution < -0.4 is 0 Å². The van der Waals surface area contributed by atoms with Crippen LogP contribution in [0.4, 0.5) is 0 Å². The van der Waals surface area contributed by atoms with Crippen molar-refractivity contribution < 1.29 is 20.1 Å². The summed E-state index contributed by atoms with van der Waals surface area (Å²) >= 11 is 0. The zero-order chi connectivity index (χ0) is 25.1. The van der Waals surface area contributed by atoms with Gasteiger partial charge in [0.2, 0.25) is 0 Å². The molecular formula is C30H46O4. The number of hydrogen-bond acceptors (Lipinski definition) is 3. The SMILES string of the molecule is C[C@@H]1CC[C@]2(C(=O)O)CC[C@]3(C)C(=CC[C@H]4[C@@]5(C)C(CO)=CC(C)(C)[C@H]5CC[C@]43C)[C@H]2[C@]1(C)O. The van der Waals surface area contributed by atoms with Gasteiger partial charge in [0.1, 0.15) is 0 Å². The highest BCUT2D eigenvalue weighted by molar-refractivity contribution is 5.77. The molecule has 9 atom stereocenters. The first-order chi connectivity index (χ1) is 15.6. The second kappa shape index (κ2) is 7.00. The molecule has 0 aromatic carbocycles. The fourth-order valence-electron chi connectivity index (χ4n) is 10.6. The van der Waals surface area contributed by atoms with E-state index in [1.54, 1.807) is 0 Å². The monoisotopic (exact) mass is 470 g/mol. The van der Waals surface area contributed by atoms with Crippen molar-refractivity contribution in [3.63, 3.8) is 0 Å². The van der Waals surface area contributed by atoms with Crippen LogP contribution in [0.2, 0.25) is 0 Å². The van der Waals surface area contributed by atoms with E-state index in [1.165, 1.54) is 11.1 Å². The Morgan fingerprint density at radius 3 is 2.29 bits per heavy atom. The number of allylic oxidation sites excluding steroid dienone is 2. The molecule has 0 amide bonds. The summed E-state index contributed by atoms with van der Waals surface area (Å²) in [5.41, 5.74) is 0.405. The van der Waals surface area contributed by atoms with Crippen LogP contribution in [-0.4, -0.2) is 33.5 Å². The molecule has 0 bridgehead atoms. The van der Waals surface area contributed by atoms with Gasteiger partial charge in [-0.05, 0) is 96.9 Å². The summed E-state index contributed by atoms with van der Waals surface area (Å²) in [6.45, 7) is 16.0. The molecule has 0 aromatic heterocycles. The van der Waals surface area contributed by atoms with Gasteiger partial charge in [0, 0.05) is 5.92 Å². The average molecular weight is 471 g/mol. The summed E-state index contributed by atoms with van der Waals surface area (Å²) in [4.78, 5) is 12.8. The van der Waals surface area contributed by atoms with E-state index in [1.807, 2.05) is 6.92 Å². The molecule has 0 spiro atoms. The molecule has 3 saturated carbocycles. The number of carboxylic acids is 1. The van der Waals surface area contributed by atoms with Crippen LogP contribution in [-0.2, 0) is 4.79 Å². The molecule has 3 N–H and O–H groups in total. The van der Waals surface area contributed by atoms with Crippen LogP contribution in [0, 0.1) is 50.7 Å². The van der Waals surface area contributed by atoms with Crippen LogP contribution in [0.1, 0.15) is 93.4 Å². The number of aliphatic hydroxyl groups is 2. The van der Waals surface area contributed by atoms with Crippen LogP contribution in [0.25, 0.3) is 0 Å². The molecule has 0 heterocycles. The van der Waals surface area contributed by atoms with Gasteiger partial charge in [0.15, 0.2) is 0 Å². The topological polar surface area (TPSA) is 77.8 Å². The number of rotatable bonds is 2. The molecule has 190 valence electrons. The fraction of sp³-hybridized carbons (Fsp3) is 0.833. The van der Waals surface area contributed by atoms with Crippen molar-refractivity contribution in [3.8, 4) is 0 Å². The van der Waals surface area contributed by atoms with E-state index in [2.05, 4.69) is 53.7 Å². The largest absolute Gasteiger partial charge is 0.481 e. The van der Waals surface area contributed by atoms with Gasteiger partial charge in [-0.25, -0.2) is 0 Å². The highest BCUT2D eigenvalue weighted by atomic mass is 16.4. The summed E-state index contributed by atoms with van der Waals surface area (Å²) in [7, 11) is 0. The maximum absolute atomic E-state index is 12.8. The lowest BCUT2D eigenvalue weighted by Crippen LogP contribution is -2.66. The van der Waals surface area contributed by atoms with E-state index < -0.39 is 17.0 Å². The zero-order valence-electron chi connectivity index (χ0n) is 22.4. The third-order valence-corrected chi connectivity index (χ3v) is 12.9. The van der Waals surface area contributed by atoms with Gasteiger partial charge in [0.25, 0.3) is 0 Å². The van der Waals surface area contributed by atoms with Crippen molar-refractivity contribution in [2.45, 2.75) is 99.0 Å². The minimum absolute atomic E-state index is 0.00155. The molecule has 5 aliphatic carbocycles. The molecule has 4 heteroatoms. The number of aliphatic carboxylic acids is 1. The summed E-state index contributed by atoms with van der Waals surface area (Å²) in [6.07, 6.45) is 10.8. The first kappa shape index (κ1) is 24.6. The van der Waals surface area contributed by atoms with E-state index in [0.717, 1.165) is 32.1 Å². The normalized spacial score (nSPS) is 53.6. The fourth-order valence-corrected chi connectivity index (χ4v) is 10.6. The Morgan fingerprint density at radius 1 is 1.00 bits per heavy atom. The molecule has 5 aliphatic rings. The standard InChI is InChI=1S/C30H46O4/c1-18-10-13-30(24(32)33)15-14-26(4)20(23(30)29(18,7)34)8-9-22-27(26,5)12-11-21-25(2,3)16-19(17-31)28(21,22)6/h8,16,18,21-23,31,34H,9-15,17H2,1-7H3,(H,32,33)/t18-,21-,22-,23+,26-,27-,28+,29-,30+/m1/s1. The minimum Gasteiger partial charge on any atom is -0.481 e. The van der Waals surface area contributed by atoms with Gasteiger partial charge < -0.3 is 15.3 Å². The summed E-state index contributed by atoms with van der Waals surface area (Å²) < 4.78 is 0. The number of aliphatic hydroxyl groups excluding tert-OH is 1. The predicted octanol–water partition coefficient (Wildman–Crippen LogP) is 5.98. The third kappa shape index (κ3) is 2.60. The highest BCUT2D eigenvalue weighted by Crippen LogP contribution is 2.76. The zero-order valence-corrected chi connectivity index (χ0v) is 22.4. The van der Waals surface area contributed by atoms with Crippen LogP contribution in [0.5, 0.6) is 0 Å². The lowest BCUT2D eigenvalue weighted by molar-refractivity contribution is -0.197. The van der Waals surface area contributed by atoms with Crippen molar-refractivity contribution in [1.82, 2.24) is 0 Å². The number of hydrogen-bond donors (Lipinski definition) is 3. The molecule has 0 unspecified atom stereocenters. The highest BCUT2D eigenvalue weighted by Gasteiger charge is 2.71. The Balaban J connectivity index is 1.68. The Hall–Kier alpha value is -1.13. The van der Waals surface area contributed by atoms with Crippen LogP contribution in [0.3, 0.4) is 0 Å². The lowest BCUT2D eigenvalue weighted by atomic mass is 9.34. The van der Waals surface area contributed by atoms with Crippen molar-refractivity contribution >= 4 is 5.97 Å². The minimum atomic E-state index is -1.03. The van der Waals surface area contributed by atoms with Crippen molar-refractivity contribution in [1.29, 1.82) is 0 Å². The smallest absolute Gasteiger partial charge is 0.310 e. The average Bonchev–Trinajstić information content (AvgIpc) is 2.96. The van der Waals surface area contributed by atoms with E-state index in [0.29, 0.717) is 24.7 Å². The Labute approximate surface area is 205 Å². The Kier molecular flexibility index (Phi) is 5.06. The summed E-state index contributed by atoms with van der Waals surface area (Å²) in [5, 5.41) is 32.9. The first-order valence-corrected chi connectivity index (χ1v) is 13.6. The number of carboxylic acid groups (broad SMARTS) is 1. The van der Waals surface area contributed by atoms with Crippen LogP contribution in [0.15, 0.2) is 23.3 Å². The number of fused-ring (bicyclic) bond motifs is 7. The molecule has 0 aromatic rings. The van der Waals surface area contributed by atoms with E-state index in [4.69, 9.17) is 0 Å². The van der Waals surface area contributed by atoms with Gasteiger partial charge in [0.05, 0.1) is 17.6 Å². The van der Waals surface area contributed by atoms with Crippen molar-refractivity contribution in [2.24, 2.45) is 50.7 Å². The number of carbonyl (C=O) groups is 1. The van der Waals surface area contributed by atoms with E-state index in [-0.39, 0.29) is 40.1 Å².